The maximum Gasteiger partial charge on any atom is 0.243 e. The maximum atomic E-state index is 12.7. The molecule has 20 heavy (non-hydrogen) atoms. The third-order valence-electron chi connectivity index (χ3n) is 3.57. The lowest BCUT2D eigenvalue weighted by molar-refractivity contribution is 0.0572. The minimum absolute atomic E-state index is 0.0733. The molecule has 2 rings (SSSR count). The Morgan fingerprint density at radius 1 is 1.15 bits per heavy atom. The van der Waals surface area contributed by atoms with Crippen LogP contribution in [0.3, 0.4) is 0 Å². The number of aryl methyl sites for hydroxylation is 2. The Morgan fingerprint density at radius 2 is 1.60 bits per heavy atom. The molecule has 1 saturated heterocycles. The maximum absolute atomic E-state index is 12.7. The molecule has 0 bridgehead atoms. The van der Waals surface area contributed by atoms with Crippen molar-refractivity contribution in [2.24, 2.45) is 0 Å². The quantitative estimate of drug-likeness (QED) is 0.735. The largest absolute Gasteiger partial charge is 0.389 e. The van der Waals surface area contributed by atoms with Crippen molar-refractivity contribution in [3.8, 4) is 0 Å². The number of aliphatic hydroxyl groups excluding tert-OH is 2. The average molecular weight is 300 g/mol. The molecular weight excluding hydrogens is 280 g/mol. The van der Waals surface area contributed by atoms with E-state index in [0.29, 0.717) is 11.1 Å². The number of sulfonamides is 1. The van der Waals surface area contributed by atoms with Gasteiger partial charge < -0.3 is 15.5 Å². The van der Waals surface area contributed by atoms with Crippen LogP contribution >= 0.6 is 0 Å². The van der Waals surface area contributed by atoms with Gasteiger partial charge in [0, 0.05) is 25.8 Å². The number of rotatable bonds is 3. The summed E-state index contributed by atoms with van der Waals surface area (Å²) in [5.41, 5.74) is 2.14. The summed E-state index contributed by atoms with van der Waals surface area (Å²) in [5.74, 6) is 0. The number of aliphatic hydroxyl groups is 2. The van der Waals surface area contributed by atoms with Crippen LogP contribution in [0.5, 0.6) is 0 Å². The number of benzene rings is 1. The van der Waals surface area contributed by atoms with Crippen LogP contribution in [0, 0.1) is 13.8 Å². The third kappa shape index (κ3) is 2.54. The van der Waals surface area contributed by atoms with Gasteiger partial charge in [0.2, 0.25) is 10.0 Å². The lowest BCUT2D eigenvalue weighted by Gasteiger charge is -2.19. The molecule has 6 nitrogen and oxygen atoms in total. The molecule has 2 atom stereocenters. The molecule has 112 valence electrons. The van der Waals surface area contributed by atoms with Crippen molar-refractivity contribution in [3.05, 3.63) is 23.3 Å². The van der Waals surface area contributed by atoms with Gasteiger partial charge in [0.05, 0.1) is 17.1 Å². The molecule has 0 saturated carbocycles. The molecule has 1 aliphatic rings. The van der Waals surface area contributed by atoms with Crippen molar-refractivity contribution in [1.82, 2.24) is 4.31 Å². The molecule has 3 N–H and O–H groups in total. The highest BCUT2D eigenvalue weighted by atomic mass is 32.2. The van der Waals surface area contributed by atoms with Gasteiger partial charge in [0.25, 0.3) is 0 Å². The molecule has 1 aromatic carbocycles. The number of β-amino-alcohol motifs (C(OH)–C–C–N with tert-alkyl or cyclic N) is 2. The SMILES string of the molecule is CNc1cc(C)c(S(=O)(=O)N2CC(O)C(O)C2)c(C)c1. The van der Waals surface area contributed by atoms with E-state index in [0.717, 1.165) is 9.99 Å². The molecule has 0 aromatic heterocycles. The first-order valence-corrected chi connectivity index (χ1v) is 7.86. The van der Waals surface area contributed by atoms with Gasteiger partial charge in [-0.3, -0.25) is 0 Å². The molecular formula is C13H20N2O4S. The highest BCUT2D eigenvalue weighted by molar-refractivity contribution is 7.89. The van der Waals surface area contributed by atoms with Crippen LogP contribution in [0.4, 0.5) is 5.69 Å². The second-order valence-electron chi connectivity index (χ2n) is 5.15. The minimum Gasteiger partial charge on any atom is -0.389 e. The lowest BCUT2D eigenvalue weighted by atomic mass is 10.1. The van der Waals surface area contributed by atoms with Crippen LogP contribution in [-0.4, -0.2) is 55.3 Å². The zero-order valence-corrected chi connectivity index (χ0v) is 12.6. The fourth-order valence-electron chi connectivity index (χ4n) is 2.56. The fraction of sp³-hybridized carbons (Fsp3) is 0.538. The summed E-state index contributed by atoms with van der Waals surface area (Å²) in [6.45, 7) is 3.33. The Labute approximate surface area is 119 Å². The molecule has 1 heterocycles. The van der Waals surface area contributed by atoms with Crippen LogP contribution in [0.2, 0.25) is 0 Å². The zero-order chi connectivity index (χ0) is 15.1. The standard InChI is InChI=1S/C13H20N2O4S/c1-8-4-10(14-3)5-9(2)13(8)20(18,19)15-6-11(16)12(17)7-15/h4-5,11-12,14,16-17H,6-7H2,1-3H3. The molecule has 0 aliphatic carbocycles. The van der Waals surface area contributed by atoms with Crippen molar-refractivity contribution in [3.63, 3.8) is 0 Å². The highest BCUT2D eigenvalue weighted by Crippen LogP contribution is 2.29. The van der Waals surface area contributed by atoms with Gasteiger partial charge in [-0.25, -0.2) is 8.42 Å². The molecule has 7 heteroatoms. The lowest BCUT2D eigenvalue weighted by Crippen LogP contribution is -2.31. The first-order chi connectivity index (χ1) is 9.27. The summed E-state index contributed by atoms with van der Waals surface area (Å²) in [4.78, 5) is 0.248. The summed E-state index contributed by atoms with van der Waals surface area (Å²) in [6.07, 6.45) is -2.05. The molecule has 0 radical (unpaired) electrons. The van der Waals surface area contributed by atoms with Crippen molar-refractivity contribution in [2.45, 2.75) is 31.0 Å². The van der Waals surface area contributed by atoms with Crippen LogP contribution in [0.15, 0.2) is 17.0 Å². The van der Waals surface area contributed by atoms with Crippen molar-refractivity contribution in [2.75, 3.05) is 25.5 Å². The smallest absolute Gasteiger partial charge is 0.243 e. The van der Waals surface area contributed by atoms with Gasteiger partial charge in [-0.1, -0.05) is 0 Å². The van der Waals surface area contributed by atoms with Crippen LogP contribution < -0.4 is 5.32 Å². The number of nitrogens with zero attached hydrogens (tertiary/aromatic N) is 1. The van der Waals surface area contributed by atoms with E-state index < -0.39 is 22.2 Å². The van der Waals surface area contributed by atoms with Gasteiger partial charge in [-0.2, -0.15) is 4.31 Å². The number of hydrogen-bond donors (Lipinski definition) is 3. The predicted octanol–water partition coefficient (Wildman–Crippen LogP) is 0.0712. The van der Waals surface area contributed by atoms with Crippen molar-refractivity contribution < 1.29 is 18.6 Å². The Bertz CT molecular complexity index is 582. The summed E-state index contributed by atoms with van der Waals surface area (Å²) in [5, 5.41) is 22.0. The monoisotopic (exact) mass is 300 g/mol. The Morgan fingerprint density at radius 3 is 2.00 bits per heavy atom. The van der Waals surface area contributed by atoms with Crippen molar-refractivity contribution >= 4 is 15.7 Å². The number of hydrogen-bond acceptors (Lipinski definition) is 5. The van der Waals surface area contributed by atoms with Crippen molar-refractivity contribution in [1.29, 1.82) is 0 Å². The van der Waals surface area contributed by atoms with E-state index in [1.165, 1.54) is 0 Å². The normalized spacial score (nSPS) is 24.1. The van der Waals surface area contributed by atoms with E-state index in [1.807, 2.05) is 0 Å². The zero-order valence-electron chi connectivity index (χ0n) is 11.8. The van der Waals surface area contributed by atoms with Crippen LogP contribution in [-0.2, 0) is 10.0 Å². The van der Waals surface area contributed by atoms with Gasteiger partial charge in [-0.05, 0) is 37.1 Å². The topological polar surface area (TPSA) is 89.9 Å². The average Bonchev–Trinajstić information content (AvgIpc) is 2.69. The van der Waals surface area contributed by atoms with Crippen LogP contribution in [0.1, 0.15) is 11.1 Å². The van der Waals surface area contributed by atoms with E-state index in [9.17, 15) is 18.6 Å². The predicted molar refractivity (Wildman–Crippen MR) is 76.2 cm³/mol. The molecule has 2 unspecified atom stereocenters. The first-order valence-electron chi connectivity index (χ1n) is 6.42. The molecule has 0 spiro atoms. The Balaban J connectivity index is 2.45. The Hall–Kier alpha value is -1.15. The van der Waals surface area contributed by atoms with Gasteiger partial charge in [-0.15, -0.1) is 0 Å². The second-order valence-corrected chi connectivity index (χ2v) is 7.02. The highest BCUT2D eigenvalue weighted by Gasteiger charge is 2.38. The van der Waals surface area contributed by atoms with Crippen LogP contribution in [0.25, 0.3) is 0 Å². The van der Waals surface area contributed by atoms with Gasteiger partial charge >= 0.3 is 0 Å². The first kappa shape index (κ1) is 15.2. The second kappa shape index (κ2) is 5.33. The summed E-state index contributed by atoms with van der Waals surface area (Å²) in [6, 6.07) is 3.53. The third-order valence-corrected chi connectivity index (χ3v) is 5.71. The number of anilines is 1. The van der Waals surface area contributed by atoms with E-state index in [4.69, 9.17) is 0 Å². The summed E-state index contributed by atoms with van der Waals surface area (Å²) < 4.78 is 26.4. The summed E-state index contributed by atoms with van der Waals surface area (Å²) >= 11 is 0. The number of nitrogens with one attached hydrogen (secondary N) is 1. The van der Waals surface area contributed by atoms with Gasteiger partial charge in [0.1, 0.15) is 0 Å². The minimum atomic E-state index is -3.71. The van der Waals surface area contributed by atoms with E-state index in [-0.39, 0.29) is 18.0 Å². The molecule has 1 aromatic rings. The van der Waals surface area contributed by atoms with Gasteiger partial charge in [0.15, 0.2) is 0 Å². The fourth-order valence-corrected chi connectivity index (χ4v) is 4.45. The van der Waals surface area contributed by atoms with E-state index in [2.05, 4.69) is 5.32 Å². The van der Waals surface area contributed by atoms with E-state index >= 15 is 0 Å². The molecule has 1 fully saturated rings. The van der Waals surface area contributed by atoms with E-state index in [1.54, 1.807) is 33.0 Å². The Kier molecular flexibility index (Phi) is 4.06. The summed E-state index contributed by atoms with van der Waals surface area (Å²) in [7, 11) is -1.93. The molecule has 0 amide bonds. The molecule has 1 aliphatic heterocycles.